The molecule has 3 aromatic rings. The molecule has 1 N–H and O–H groups in total. The standard InChI is InChI=1S/C31H31N3O5/c1-20-8-4-7-11-25(20)39-33(19-35)17-16-30(2)14-15-31(3,38)27-26(30)28(36)34(29(27)37)24-13-12-21(18-32)22-9-5-6-10-23(22)24/h4-13,19,26-27,38H,14-17H2,1-3H3/t26-,27+,30-,31+/m0/s1. The molecule has 39 heavy (non-hydrogen) atoms. The maximum Gasteiger partial charge on any atom is 0.242 e. The summed E-state index contributed by atoms with van der Waals surface area (Å²) in [6.07, 6.45) is 1.85. The number of anilines is 1. The highest BCUT2D eigenvalue weighted by Crippen LogP contribution is 2.55. The lowest BCUT2D eigenvalue weighted by molar-refractivity contribution is -0.154. The Morgan fingerprint density at radius 3 is 2.38 bits per heavy atom. The minimum atomic E-state index is -1.37. The van der Waals surface area contributed by atoms with Gasteiger partial charge in [-0.15, -0.1) is 0 Å². The number of para-hydroxylation sites is 1. The van der Waals surface area contributed by atoms with Gasteiger partial charge in [-0.05, 0) is 62.3 Å². The van der Waals surface area contributed by atoms with E-state index in [2.05, 4.69) is 6.07 Å². The number of aliphatic hydroxyl groups is 1. The Kier molecular flexibility index (Phi) is 6.65. The van der Waals surface area contributed by atoms with Gasteiger partial charge in [-0.3, -0.25) is 14.4 Å². The molecule has 8 nitrogen and oxygen atoms in total. The number of nitrogens with zero attached hydrogens (tertiary/aromatic N) is 3. The first-order valence-electron chi connectivity index (χ1n) is 13.1. The molecular formula is C31H31N3O5. The lowest BCUT2D eigenvalue weighted by Gasteiger charge is -2.47. The van der Waals surface area contributed by atoms with E-state index in [9.17, 15) is 24.8 Å². The van der Waals surface area contributed by atoms with Crippen LogP contribution in [0.15, 0.2) is 60.7 Å². The number of hydrogen-bond acceptors (Lipinski definition) is 6. The van der Waals surface area contributed by atoms with Crippen LogP contribution < -0.4 is 9.74 Å². The van der Waals surface area contributed by atoms with Crippen molar-refractivity contribution < 1.29 is 24.3 Å². The Bertz CT molecular complexity index is 1510. The largest absolute Gasteiger partial charge is 0.389 e. The van der Waals surface area contributed by atoms with Crippen molar-refractivity contribution in [1.29, 1.82) is 5.26 Å². The van der Waals surface area contributed by atoms with Crippen molar-refractivity contribution in [2.24, 2.45) is 17.3 Å². The normalized spacial score (nSPS) is 26.3. The van der Waals surface area contributed by atoms with Crippen LogP contribution in [0.5, 0.6) is 5.75 Å². The van der Waals surface area contributed by atoms with E-state index in [1.165, 1.54) is 9.96 Å². The van der Waals surface area contributed by atoms with E-state index in [4.69, 9.17) is 4.84 Å². The van der Waals surface area contributed by atoms with Crippen LogP contribution in [-0.4, -0.2) is 40.5 Å². The Hall–Kier alpha value is -4.22. The average Bonchev–Trinajstić information content (AvgIpc) is 3.21. The van der Waals surface area contributed by atoms with Crippen molar-refractivity contribution >= 4 is 34.7 Å². The molecule has 1 saturated heterocycles. The minimum Gasteiger partial charge on any atom is -0.389 e. The van der Waals surface area contributed by atoms with Crippen LogP contribution in [-0.2, 0) is 14.4 Å². The third-order valence-corrected chi connectivity index (χ3v) is 8.52. The van der Waals surface area contributed by atoms with E-state index in [0.29, 0.717) is 53.4 Å². The number of benzene rings is 3. The van der Waals surface area contributed by atoms with Crippen LogP contribution in [0.4, 0.5) is 5.69 Å². The summed E-state index contributed by atoms with van der Waals surface area (Å²) in [5.41, 5.74) is -0.301. The summed E-state index contributed by atoms with van der Waals surface area (Å²) in [6, 6.07) is 20.0. The van der Waals surface area contributed by atoms with Crippen LogP contribution in [0.2, 0.25) is 0 Å². The Labute approximate surface area is 227 Å². The zero-order chi connectivity index (χ0) is 27.9. The molecule has 2 fully saturated rings. The number of fused-ring (bicyclic) bond motifs is 2. The number of carbonyl (C=O) groups is 3. The fourth-order valence-electron chi connectivity index (χ4n) is 6.21. The van der Waals surface area contributed by atoms with Gasteiger partial charge in [0.05, 0.1) is 41.3 Å². The summed E-state index contributed by atoms with van der Waals surface area (Å²) < 4.78 is 0. The number of hydrogen-bond donors (Lipinski definition) is 1. The van der Waals surface area contributed by atoms with Crippen LogP contribution in [0.3, 0.4) is 0 Å². The maximum atomic E-state index is 14.1. The molecule has 5 rings (SSSR count). The average molecular weight is 526 g/mol. The zero-order valence-corrected chi connectivity index (χ0v) is 22.3. The first-order chi connectivity index (χ1) is 18.6. The molecule has 0 spiro atoms. The van der Waals surface area contributed by atoms with Gasteiger partial charge >= 0.3 is 0 Å². The van der Waals surface area contributed by atoms with Gasteiger partial charge < -0.3 is 9.94 Å². The molecule has 0 aromatic heterocycles. The predicted molar refractivity (Wildman–Crippen MR) is 145 cm³/mol. The number of imide groups is 1. The monoisotopic (exact) mass is 525 g/mol. The van der Waals surface area contributed by atoms with Crippen LogP contribution in [0.25, 0.3) is 10.8 Å². The fraction of sp³-hybridized carbons (Fsp3) is 0.355. The Morgan fingerprint density at radius 2 is 1.69 bits per heavy atom. The number of carbonyl (C=O) groups excluding carboxylic acids is 3. The Balaban J connectivity index is 1.48. The van der Waals surface area contributed by atoms with Crippen molar-refractivity contribution in [3.63, 3.8) is 0 Å². The van der Waals surface area contributed by atoms with E-state index in [0.717, 1.165) is 5.56 Å². The van der Waals surface area contributed by atoms with Crippen molar-refractivity contribution in [3.05, 3.63) is 71.8 Å². The van der Waals surface area contributed by atoms with Gasteiger partial charge in [-0.2, -0.15) is 10.3 Å². The molecule has 1 heterocycles. The van der Waals surface area contributed by atoms with Crippen LogP contribution >= 0.6 is 0 Å². The lowest BCUT2D eigenvalue weighted by Crippen LogP contribution is -2.52. The first kappa shape index (κ1) is 26.4. The topological polar surface area (TPSA) is 111 Å². The van der Waals surface area contributed by atoms with Gasteiger partial charge in [-0.25, -0.2) is 4.90 Å². The van der Waals surface area contributed by atoms with Gasteiger partial charge in [0.25, 0.3) is 0 Å². The number of aryl methyl sites for hydroxylation is 1. The second-order valence-electron chi connectivity index (χ2n) is 11.1. The molecule has 4 atom stereocenters. The minimum absolute atomic E-state index is 0.209. The van der Waals surface area contributed by atoms with Crippen LogP contribution in [0.1, 0.15) is 44.2 Å². The molecule has 8 heteroatoms. The Morgan fingerprint density at radius 1 is 1.03 bits per heavy atom. The molecule has 2 aliphatic rings. The van der Waals surface area contributed by atoms with E-state index in [1.54, 1.807) is 49.4 Å². The number of hydroxylamine groups is 2. The summed E-state index contributed by atoms with van der Waals surface area (Å²) in [5.74, 6) is -1.97. The van der Waals surface area contributed by atoms with Gasteiger partial charge in [-0.1, -0.05) is 49.4 Å². The second kappa shape index (κ2) is 9.83. The molecular weight excluding hydrogens is 494 g/mol. The molecule has 0 bridgehead atoms. The smallest absolute Gasteiger partial charge is 0.242 e. The molecule has 0 unspecified atom stereocenters. The highest BCUT2D eigenvalue weighted by atomic mass is 16.7. The van der Waals surface area contributed by atoms with Crippen molar-refractivity contribution in [3.8, 4) is 11.8 Å². The van der Waals surface area contributed by atoms with E-state index in [-0.39, 0.29) is 12.5 Å². The first-order valence-corrected chi connectivity index (χ1v) is 13.1. The third kappa shape index (κ3) is 4.43. The molecule has 3 aromatic carbocycles. The van der Waals surface area contributed by atoms with Crippen molar-refractivity contribution in [2.75, 3.05) is 11.4 Å². The molecule has 1 aliphatic carbocycles. The number of nitriles is 1. The van der Waals surface area contributed by atoms with Crippen molar-refractivity contribution in [2.45, 2.75) is 45.6 Å². The lowest BCUT2D eigenvalue weighted by atomic mass is 9.57. The molecule has 200 valence electrons. The highest BCUT2D eigenvalue weighted by Gasteiger charge is 2.64. The summed E-state index contributed by atoms with van der Waals surface area (Å²) in [6.45, 7) is 5.66. The maximum absolute atomic E-state index is 14.1. The molecule has 1 saturated carbocycles. The SMILES string of the molecule is Cc1ccccc1ON(C=O)CC[C@]1(C)CC[C@@](C)(O)[C@H]2C(=O)N(c3ccc(C#N)c4ccccc34)C(=O)[C@H]21. The van der Waals surface area contributed by atoms with Gasteiger partial charge in [0.15, 0.2) is 5.75 Å². The van der Waals surface area contributed by atoms with Crippen LogP contribution in [0, 0.1) is 35.5 Å². The quantitative estimate of drug-likeness (QED) is 0.276. The summed E-state index contributed by atoms with van der Waals surface area (Å²) >= 11 is 0. The fourth-order valence-corrected chi connectivity index (χ4v) is 6.21. The zero-order valence-electron chi connectivity index (χ0n) is 22.3. The van der Waals surface area contributed by atoms with E-state index >= 15 is 0 Å². The van der Waals surface area contributed by atoms with Gasteiger partial charge in [0, 0.05) is 10.8 Å². The molecule has 3 amide bonds. The second-order valence-corrected chi connectivity index (χ2v) is 11.1. The number of rotatable bonds is 7. The van der Waals surface area contributed by atoms with Crippen molar-refractivity contribution in [1.82, 2.24) is 5.06 Å². The third-order valence-electron chi connectivity index (χ3n) is 8.52. The summed E-state index contributed by atoms with van der Waals surface area (Å²) in [4.78, 5) is 46.9. The summed E-state index contributed by atoms with van der Waals surface area (Å²) in [7, 11) is 0. The van der Waals surface area contributed by atoms with Gasteiger partial charge in [0.2, 0.25) is 18.2 Å². The predicted octanol–water partition coefficient (Wildman–Crippen LogP) is 4.52. The number of amides is 3. The van der Waals surface area contributed by atoms with E-state index in [1.807, 2.05) is 32.0 Å². The van der Waals surface area contributed by atoms with E-state index < -0.39 is 28.8 Å². The molecule has 0 radical (unpaired) electrons. The highest BCUT2D eigenvalue weighted by molar-refractivity contribution is 6.25. The summed E-state index contributed by atoms with van der Waals surface area (Å²) in [5, 5.41) is 23.4. The van der Waals surface area contributed by atoms with Gasteiger partial charge in [0.1, 0.15) is 0 Å². The molecule has 1 aliphatic heterocycles.